The molecule has 6 heteroatoms. The van der Waals surface area contributed by atoms with Crippen LogP contribution >= 0.6 is 23.2 Å². The van der Waals surface area contributed by atoms with Gasteiger partial charge in [-0.2, -0.15) is 0 Å². The largest absolute Gasteiger partial charge is 0.484 e. The van der Waals surface area contributed by atoms with Gasteiger partial charge in [-0.1, -0.05) is 47.5 Å². The van der Waals surface area contributed by atoms with E-state index in [4.69, 9.17) is 27.9 Å². The molecule has 0 radical (unpaired) electrons. The van der Waals surface area contributed by atoms with Crippen molar-refractivity contribution in [3.8, 4) is 5.75 Å². The average molecular weight is 433 g/mol. The summed E-state index contributed by atoms with van der Waals surface area (Å²) >= 11 is 12.0. The summed E-state index contributed by atoms with van der Waals surface area (Å²) < 4.78 is 5.72. The predicted molar refractivity (Wildman–Crippen MR) is 117 cm³/mol. The highest BCUT2D eigenvalue weighted by Gasteiger charge is 2.38. The maximum absolute atomic E-state index is 13.1. The van der Waals surface area contributed by atoms with E-state index in [0.717, 1.165) is 25.9 Å². The van der Waals surface area contributed by atoms with Gasteiger partial charge in [0.2, 0.25) is 0 Å². The minimum absolute atomic E-state index is 0.0279. The van der Waals surface area contributed by atoms with Crippen molar-refractivity contribution in [2.45, 2.75) is 37.8 Å². The number of hydrogen-bond donors (Lipinski definition) is 0. The fraction of sp³-hybridized carbons (Fsp3) is 0.435. The molecule has 1 aliphatic carbocycles. The lowest BCUT2D eigenvalue weighted by Crippen LogP contribution is -2.49. The molecule has 0 saturated carbocycles. The molecule has 2 aromatic rings. The van der Waals surface area contributed by atoms with Gasteiger partial charge in [0.1, 0.15) is 5.75 Å². The number of carbonyl (C=O) groups excluding carboxylic acids is 1. The second kappa shape index (κ2) is 8.95. The summed E-state index contributed by atoms with van der Waals surface area (Å²) in [4.78, 5) is 17.5. The zero-order valence-corrected chi connectivity index (χ0v) is 18.1. The Morgan fingerprint density at radius 3 is 2.66 bits per heavy atom. The molecular weight excluding hydrogens is 407 g/mol. The molecule has 1 heterocycles. The number of halogens is 2. The number of likely N-dealkylation sites (N-methyl/N-ethyl adjacent to an activating group) is 1. The van der Waals surface area contributed by atoms with Crippen LogP contribution in [0, 0.1) is 0 Å². The van der Waals surface area contributed by atoms with Crippen LogP contribution in [-0.2, 0) is 11.2 Å². The molecule has 1 amide bonds. The molecule has 0 unspecified atom stereocenters. The number of ether oxygens (including phenoxy) is 1. The summed E-state index contributed by atoms with van der Waals surface area (Å²) in [6.45, 7) is 2.20. The molecular formula is C23H26Cl2N2O2. The van der Waals surface area contributed by atoms with Crippen molar-refractivity contribution in [2.75, 3.05) is 26.7 Å². The number of rotatable bonds is 5. The Balaban J connectivity index is 1.52. The van der Waals surface area contributed by atoms with Gasteiger partial charge in [0.05, 0.1) is 16.1 Å². The van der Waals surface area contributed by atoms with Crippen molar-refractivity contribution in [3.05, 3.63) is 63.6 Å². The van der Waals surface area contributed by atoms with Gasteiger partial charge in [-0.15, -0.1) is 0 Å². The minimum Gasteiger partial charge on any atom is -0.484 e. The molecule has 0 bridgehead atoms. The maximum Gasteiger partial charge on any atom is 0.260 e. The van der Waals surface area contributed by atoms with Crippen molar-refractivity contribution in [1.82, 2.24) is 9.80 Å². The van der Waals surface area contributed by atoms with Crippen LogP contribution < -0.4 is 4.74 Å². The van der Waals surface area contributed by atoms with Gasteiger partial charge in [0, 0.05) is 19.2 Å². The van der Waals surface area contributed by atoms with Crippen molar-refractivity contribution < 1.29 is 9.53 Å². The summed E-state index contributed by atoms with van der Waals surface area (Å²) in [6.07, 6.45) is 4.62. The highest BCUT2D eigenvalue weighted by Crippen LogP contribution is 2.38. The van der Waals surface area contributed by atoms with Gasteiger partial charge in [0.25, 0.3) is 5.91 Å². The van der Waals surface area contributed by atoms with Crippen LogP contribution in [0.5, 0.6) is 5.75 Å². The third-order valence-electron chi connectivity index (χ3n) is 6.12. The van der Waals surface area contributed by atoms with E-state index in [1.165, 1.54) is 24.0 Å². The number of likely N-dealkylation sites (tertiary alicyclic amines) is 1. The summed E-state index contributed by atoms with van der Waals surface area (Å²) in [5.74, 6) is 0.503. The lowest BCUT2D eigenvalue weighted by Gasteiger charge is -2.43. The Morgan fingerprint density at radius 2 is 1.90 bits per heavy atom. The van der Waals surface area contributed by atoms with Crippen LogP contribution in [0.4, 0.5) is 0 Å². The van der Waals surface area contributed by atoms with E-state index in [2.05, 4.69) is 29.2 Å². The Kier molecular flexibility index (Phi) is 6.33. The monoisotopic (exact) mass is 432 g/mol. The molecule has 2 aromatic carbocycles. The third-order valence-corrected chi connectivity index (χ3v) is 6.86. The van der Waals surface area contributed by atoms with Crippen LogP contribution in [0.1, 0.15) is 36.4 Å². The summed E-state index contributed by atoms with van der Waals surface area (Å²) in [5, 5.41) is 0.884. The van der Waals surface area contributed by atoms with Crippen molar-refractivity contribution in [3.63, 3.8) is 0 Å². The molecule has 1 saturated heterocycles. The second-order valence-electron chi connectivity index (χ2n) is 7.86. The molecule has 4 nitrogen and oxygen atoms in total. The SMILES string of the molecule is CN(C(=O)COc1ccc(Cl)c(Cl)c1)[C@@H]1c2ccccc2CC[C@H]1N1CCCC1. The molecule has 154 valence electrons. The number of fused-ring (bicyclic) bond motifs is 1. The number of carbonyl (C=O) groups is 1. The Bertz CT molecular complexity index is 883. The van der Waals surface area contributed by atoms with Crippen molar-refractivity contribution in [1.29, 1.82) is 0 Å². The van der Waals surface area contributed by atoms with Gasteiger partial charge < -0.3 is 9.64 Å². The van der Waals surface area contributed by atoms with Gasteiger partial charge in [-0.05, 0) is 62.0 Å². The van der Waals surface area contributed by atoms with E-state index in [0.29, 0.717) is 21.8 Å². The number of benzene rings is 2. The van der Waals surface area contributed by atoms with E-state index in [1.54, 1.807) is 18.2 Å². The standard InChI is InChI=1S/C23H26Cl2N2O2/c1-26(22(28)15-29-17-9-10-19(24)20(25)14-17)23-18-7-3-2-6-16(18)8-11-21(23)27-12-4-5-13-27/h2-3,6-7,9-10,14,21,23H,4-5,8,11-13,15H2,1H3/t21-,23-/m1/s1. The highest BCUT2D eigenvalue weighted by atomic mass is 35.5. The lowest BCUT2D eigenvalue weighted by molar-refractivity contribution is -0.136. The van der Waals surface area contributed by atoms with Gasteiger partial charge in [-0.25, -0.2) is 0 Å². The van der Waals surface area contributed by atoms with E-state index in [1.807, 2.05) is 11.9 Å². The van der Waals surface area contributed by atoms with Gasteiger partial charge in [0.15, 0.2) is 6.61 Å². The summed E-state index contributed by atoms with van der Waals surface area (Å²) in [5.41, 5.74) is 2.61. The van der Waals surface area contributed by atoms with Gasteiger partial charge >= 0.3 is 0 Å². The number of aryl methyl sites for hydroxylation is 1. The quantitative estimate of drug-likeness (QED) is 0.667. The number of nitrogens with zero attached hydrogens (tertiary/aromatic N) is 2. The Morgan fingerprint density at radius 1 is 1.14 bits per heavy atom. The summed E-state index contributed by atoms with van der Waals surface area (Å²) in [7, 11) is 1.90. The molecule has 1 aliphatic heterocycles. The fourth-order valence-corrected chi connectivity index (χ4v) is 4.90. The normalized spacial score (nSPS) is 21.6. The van der Waals surface area contributed by atoms with E-state index >= 15 is 0 Å². The van der Waals surface area contributed by atoms with Crippen LogP contribution in [0.3, 0.4) is 0 Å². The molecule has 2 aliphatic rings. The van der Waals surface area contributed by atoms with Crippen LogP contribution in [0.2, 0.25) is 10.0 Å². The molecule has 1 fully saturated rings. The van der Waals surface area contributed by atoms with Crippen LogP contribution in [0.15, 0.2) is 42.5 Å². The first-order valence-corrected chi connectivity index (χ1v) is 11.0. The van der Waals surface area contributed by atoms with E-state index in [-0.39, 0.29) is 18.6 Å². The zero-order valence-electron chi connectivity index (χ0n) is 16.6. The average Bonchev–Trinajstić information content (AvgIpc) is 3.27. The first-order chi connectivity index (χ1) is 14.0. The van der Waals surface area contributed by atoms with Gasteiger partial charge in [-0.3, -0.25) is 9.69 Å². The Labute approximate surface area is 182 Å². The number of hydrogen-bond acceptors (Lipinski definition) is 3. The molecule has 0 N–H and O–H groups in total. The summed E-state index contributed by atoms with van der Waals surface area (Å²) in [6, 6.07) is 14.0. The fourth-order valence-electron chi connectivity index (χ4n) is 4.61. The second-order valence-corrected chi connectivity index (χ2v) is 8.68. The number of amides is 1. The topological polar surface area (TPSA) is 32.8 Å². The molecule has 4 rings (SSSR count). The first kappa shape index (κ1) is 20.5. The molecule has 0 spiro atoms. The smallest absolute Gasteiger partial charge is 0.260 e. The van der Waals surface area contributed by atoms with Crippen LogP contribution in [-0.4, -0.2) is 48.5 Å². The molecule has 0 aromatic heterocycles. The minimum atomic E-state index is -0.0398. The van der Waals surface area contributed by atoms with Crippen LogP contribution in [0.25, 0.3) is 0 Å². The molecule has 29 heavy (non-hydrogen) atoms. The maximum atomic E-state index is 13.1. The van der Waals surface area contributed by atoms with Crippen molar-refractivity contribution in [2.24, 2.45) is 0 Å². The Hall–Kier alpha value is -1.75. The predicted octanol–water partition coefficient (Wildman–Crippen LogP) is 4.98. The lowest BCUT2D eigenvalue weighted by atomic mass is 9.82. The molecule has 2 atom stereocenters. The third kappa shape index (κ3) is 4.40. The van der Waals surface area contributed by atoms with E-state index in [9.17, 15) is 4.79 Å². The zero-order chi connectivity index (χ0) is 20.4. The first-order valence-electron chi connectivity index (χ1n) is 10.2. The highest BCUT2D eigenvalue weighted by molar-refractivity contribution is 6.42. The van der Waals surface area contributed by atoms with Crippen molar-refractivity contribution >= 4 is 29.1 Å². The van der Waals surface area contributed by atoms with E-state index < -0.39 is 0 Å².